The summed E-state index contributed by atoms with van der Waals surface area (Å²) in [4.78, 5) is 18.5. The van der Waals surface area contributed by atoms with Gasteiger partial charge in [-0.1, -0.05) is 38.1 Å². The van der Waals surface area contributed by atoms with Crippen molar-refractivity contribution < 1.29 is 9.15 Å². The van der Waals surface area contributed by atoms with Crippen LogP contribution in [0.1, 0.15) is 42.2 Å². The van der Waals surface area contributed by atoms with Gasteiger partial charge in [0.1, 0.15) is 17.3 Å². The molecule has 5 aromatic rings. The summed E-state index contributed by atoms with van der Waals surface area (Å²) in [6, 6.07) is 24.1. The Hall–Kier alpha value is -4.96. The number of fused-ring (bicyclic) bond motifs is 1. The number of nitriles is 1. The van der Waals surface area contributed by atoms with Crippen LogP contribution in [0.2, 0.25) is 0 Å². The second-order valence-corrected chi connectivity index (χ2v) is 9.24. The third-order valence-electron chi connectivity index (χ3n) is 6.43. The van der Waals surface area contributed by atoms with Crippen LogP contribution >= 0.6 is 0 Å². The number of aromatic nitrogens is 2. The topological polar surface area (TPSA) is 93.4 Å². The second-order valence-electron chi connectivity index (χ2n) is 9.24. The predicted octanol–water partition coefficient (Wildman–Crippen LogP) is 6.52. The van der Waals surface area contributed by atoms with E-state index >= 15 is 0 Å². The van der Waals surface area contributed by atoms with Crippen molar-refractivity contribution in [1.82, 2.24) is 9.66 Å². The maximum Gasteiger partial charge on any atom is 0.282 e. The smallest absolute Gasteiger partial charge is 0.282 e. The van der Waals surface area contributed by atoms with Gasteiger partial charge in [0.15, 0.2) is 5.82 Å². The van der Waals surface area contributed by atoms with Crippen LogP contribution in [-0.2, 0) is 0 Å². The maximum atomic E-state index is 13.6. The van der Waals surface area contributed by atoms with Crippen molar-refractivity contribution in [2.24, 2.45) is 5.10 Å². The number of methoxy groups -OCH3 is 1. The molecule has 188 valence electrons. The van der Waals surface area contributed by atoms with Crippen molar-refractivity contribution in [3.63, 3.8) is 0 Å². The molecule has 0 N–H and O–H groups in total. The fourth-order valence-corrected chi connectivity index (χ4v) is 4.45. The molecule has 0 unspecified atom stereocenters. The summed E-state index contributed by atoms with van der Waals surface area (Å²) in [6.45, 7) is 6.15. The van der Waals surface area contributed by atoms with Crippen molar-refractivity contribution in [3.05, 3.63) is 106 Å². The lowest BCUT2D eigenvalue weighted by molar-refractivity contribution is 0.407. The Balaban J connectivity index is 1.66. The average molecular weight is 503 g/mol. The molecule has 0 aliphatic carbocycles. The van der Waals surface area contributed by atoms with Gasteiger partial charge in [-0.15, -0.1) is 0 Å². The zero-order valence-electron chi connectivity index (χ0n) is 21.6. The van der Waals surface area contributed by atoms with Crippen LogP contribution in [0.3, 0.4) is 0 Å². The fraction of sp³-hybridized carbons (Fsp3) is 0.161. The summed E-state index contributed by atoms with van der Waals surface area (Å²) >= 11 is 0. The molecular weight excluding hydrogens is 476 g/mol. The Morgan fingerprint density at radius 3 is 2.58 bits per heavy atom. The van der Waals surface area contributed by atoms with Crippen LogP contribution in [0.4, 0.5) is 0 Å². The predicted molar refractivity (Wildman–Crippen MR) is 149 cm³/mol. The number of furan rings is 1. The first-order valence-corrected chi connectivity index (χ1v) is 12.3. The van der Waals surface area contributed by atoms with Crippen LogP contribution in [-0.4, -0.2) is 23.0 Å². The van der Waals surface area contributed by atoms with Crippen molar-refractivity contribution in [2.45, 2.75) is 26.7 Å². The van der Waals surface area contributed by atoms with E-state index in [1.54, 1.807) is 43.5 Å². The van der Waals surface area contributed by atoms with Gasteiger partial charge in [0.25, 0.3) is 5.56 Å². The van der Waals surface area contributed by atoms with E-state index in [0.29, 0.717) is 39.4 Å². The van der Waals surface area contributed by atoms with E-state index in [1.807, 2.05) is 43.3 Å². The molecule has 2 heterocycles. The Morgan fingerprint density at radius 2 is 1.82 bits per heavy atom. The zero-order valence-corrected chi connectivity index (χ0v) is 21.6. The summed E-state index contributed by atoms with van der Waals surface area (Å²) in [5, 5.41) is 14.4. The van der Waals surface area contributed by atoms with Gasteiger partial charge in [-0.05, 0) is 72.5 Å². The molecule has 0 saturated carbocycles. The van der Waals surface area contributed by atoms with Gasteiger partial charge in [0.05, 0.1) is 35.9 Å². The normalized spacial score (nSPS) is 11.4. The molecule has 0 atom stereocenters. The van der Waals surface area contributed by atoms with Gasteiger partial charge >= 0.3 is 0 Å². The van der Waals surface area contributed by atoms with E-state index in [2.05, 4.69) is 25.0 Å². The molecule has 0 aliphatic heterocycles. The molecule has 2 aromatic heterocycles. The highest BCUT2D eigenvalue weighted by Crippen LogP contribution is 2.34. The van der Waals surface area contributed by atoms with Gasteiger partial charge in [-0.25, -0.2) is 4.98 Å². The van der Waals surface area contributed by atoms with Crippen molar-refractivity contribution in [1.29, 1.82) is 5.26 Å². The van der Waals surface area contributed by atoms with E-state index in [0.717, 1.165) is 22.4 Å². The SMILES string of the molecule is COc1cc(C)c(-c2nc3ccccc3c(=O)n2N=Cc2ccc(-c3ccccc3C#N)o2)cc1C(C)C. The summed E-state index contributed by atoms with van der Waals surface area (Å²) in [6.07, 6.45) is 1.49. The number of nitrogens with zero attached hydrogens (tertiary/aromatic N) is 4. The molecule has 0 radical (unpaired) electrons. The first-order valence-electron chi connectivity index (χ1n) is 12.3. The van der Waals surface area contributed by atoms with Gasteiger partial charge in [-0.2, -0.15) is 15.0 Å². The lowest BCUT2D eigenvalue weighted by Crippen LogP contribution is -2.20. The Bertz CT molecular complexity index is 1790. The number of ether oxygens (including phenoxy) is 1. The third kappa shape index (κ3) is 4.48. The summed E-state index contributed by atoms with van der Waals surface area (Å²) < 4.78 is 12.9. The Morgan fingerprint density at radius 1 is 1.05 bits per heavy atom. The molecule has 38 heavy (non-hydrogen) atoms. The zero-order chi connectivity index (χ0) is 26.8. The molecule has 0 spiro atoms. The minimum absolute atomic E-state index is 0.200. The molecule has 3 aromatic carbocycles. The number of para-hydroxylation sites is 1. The Labute approximate surface area is 220 Å². The van der Waals surface area contributed by atoms with E-state index in [9.17, 15) is 10.1 Å². The van der Waals surface area contributed by atoms with Crippen molar-refractivity contribution >= 4 is 17.1 Å². The summed E-state index contributed by atoms with van der Waals surface area (Å²) in [5.74, 6) is 2.40. The molecule has 5 rings (SSSR count). The van der Waals surface area contributed by atoms with Crippen LogP contribution < -0.4 is 10.3 Å². The van der Waals surface area contributed by atoms with E-state index in [-0.39, 0.29) is 11.5 Å². The first-order chi connectivity index (χ1) is 18.4. The van der Waals surface area contributed by atoms with E-state index in [4.69, 9.17) is 14.1 Å². The van der Waals surface area contributed by atoms with E-state index in [1.165, 1.54) is 10.9 Å². The number of benzene rings is 3. The molecule has 7 nitrogen and oxygen atoms in total. The molecule has 0 bridgehead atoms. The largest absolute Gasteiger partial charge is 0.496 e. The number of aryl methyl sites for hydroxylation is 1. The molecule has 0 saturated heterocycles. The molecule has 0 aliphatic rings. The van der Waals surface area contributed by atoms with Crippen LogP contribution in [0.15, 0.2) is 87.1 Å². The standard InChI is InChI=1S/C31H26N4O3/c1-19(2)25-16-26(20(3)15-29(25)37-4)30-34-27-12-8-7-11-24(27)31(36)35(30)33-18-22-13-14-28(38-22)23-10-6-5-9-21(23)17-32/h5-16,18-19H,1-4H3. The van der Waals surface area contributed by atoms with Crippen molar-refractivity contribution in [3.8, 4) is 34.5 Å². The highest BCUT2D eigenvalue weighted by atomic mass is 16.5. The monoisotopic (exact) mass is 502 g/mol. The average Bonchev–Trinajstić information content (AvgIpc) is 3.41. The molecule has 7 heteroatoms. The van der Waals surface area contributed by atoms with Crippen LogP contribution in [0, 0.1) is 18.3 Å². The minimum atomic E-state index is -0.287. The van der Waals surface area contributed by atoms with Crippen molar-refractivity contribution in [2.75, 3.05) is 7.11 Å². The van der Waals surface area contributed by atoms with Gasteiger partial charge < -0.3 is 9.15 Å². The minimum Gasteiger partial charge on any atom is -0.496 e. The van der Waals surface area contributed by atoms with Gasteiger partial charge in [0, 0.05) is 11.1 Å². The number of rotatable bonds is 6. The number of hydrogen-bond donors (Lipinski definition) is 0. The summed E-state index contributed by atoms with van der Waals surface area (Å²) in [5.41, 5.74) is 4.22. The fourth-order valence-electron chi connectivity index (χ4n) is 4.45. The van der Waals surface area contributed by atoms with Gasteiger partial charge in [0.2, 0.25) is 0 Å². The van der Waals surface area contributed by atoms with Crippen LogP contribution in [0.5, 0.6) is 5.75 Å². The summed E-state index contributed by atoms with van der Waals surface area (Å²) in [7, 11) is 1.65. The quantitative estimate of drug-likeness (QED) is 0.247. The van der Waals surface area contributed by atoms with Crippen LogP contribution in [0.25, 0.3) is 33.6 Å². The maximum absolute atomic E-state index is 13.6. The lowest BCUT2D eigenvalue weighted by Gasteiger charge is -2.17. The highest BCUT2D eigenvalue weighted by Gasteiger charge is 2.18. The lowest BCUT2D eigenvalue weighted by atomic mass is 9.96. The molecular formula is C31H26N4O3. The molecule has 0 amide bonds. The van der Waals surface area contributed by atoms with E-state index < -0.39 is 0 Å². The number of hydrogen-bond acceptors (Lipinski definition) is 6. The second kappa shape index (κ2) is 10.2. The third-order valence-corrected chi connectivity index (χ3v) is 6.43. The van der Waals surface area contributed by atoms with Gasteiger partial charge in [-0.3, -0.25) is 4.79 Å². The molecule has 0 fully saturated rings. The Kier molecular flexibility index (Phi) is 6.63. The highest BCUT2D eigenvalue weighted by molar-refractivity contribution is 5.82. The first kappa shape index (κ1) is 24.7.